The predicted molar refractivity (Wildman–Crippen MR) is 154 cm³/mol. The third-order valence-corrected chi connectivity index (χ3v) is 7.64. The van der Waals surface area contributed by atoms with Gasteiger partial charge in [0, 0.05) is 11.8 Å². The average molecular weight is 556 g/mol. The molecule has 3 aromatic rings. The predicted octanol–water partition coefficient (Wildman–Crippen LogP) is 5.96. The maximum absolute atomic E-state index is 13.3. The van der Waals surface area contributed by atoms with Crippen molar-refractivity contribution >= 4 is 17.7 Å². The third-order valence-electron chi connectivity index (χ3n) is 7.64. The monoisotopic (exact) mass is 555 g/mol. The van der Waals surface area contributed by atoms with Crippen molar-refractivity contribution in [3.63, 3.8) is 0 Å². The summed E-state index contributed by atoms with van der Waals surface area (Å²) in [6, 6.07) is 23.3. The van der Waals surface area contributed by atoms with Crippen LogP contribution in [0.2, 0.25) is 0 Å². The van der Waals surface area contributed by atoms with E-state index >= 15 is 0 Å². The quantitative estimate of drug-likeness (QED) is 0.198. The standard InChI is InChI=1S/C32H33N3O6/c1-3-40-31(36)29-21(2)34(32(37)33-30(29)27-11-7-8-12-28(27)35(38)39)20-26-18-17-25(41-26)19-22-13-15-24(16-14-22)23-9-5-4-6-10-23/h4-16,25-26,30H,3,17-20H2,1-2H3,(H,33,37)/t25-,26-,30?/m0/s1. The van der Waals surface area contributed by atoms with Gasteiger partial charge in [0.2, 0.25) is 0 Å². The summed E-state index contributed by atoms with van der Waals surface area (Å²) in [7, 11) is 0. The van der Waals surface area contributed by atoms with Gasteiger partial charge in [-0.05, 0) is 55.9 Å². The van der Waals surface area contributed by atoms with Crippen LogP contribution in [0.15, 0.2) is 90.1 Å². The first-order valence-electron chi connectivity index (χ1n) is 13.8. The van der Waals surface area contributed by atoms with Crippen LogP contribution in [0.4, 0.5) is 10.5 Å². The highest BCUT2D eigenvalue weighted by atomic mass is 16.6. The molecule has 0 radical (unpaired) electrons. The molecule has 3 atom stereocenters. The lowest BCUT2D eigenvalue weighted by Crippen LogP contribution is -2.50. The summed E-state index contributed by atoms with van der Waals surface area (Å²) in [4.78, 5) is 39.0. The molecule has 0 saturated carbocycles. The molecule has 2 amide bonds. The second-order valence-corrected chi connectivity index (χ2v) is 10.3. The summed E-state index contributed by atoms with van der Waals surface area (Å²) in [5.41, 5.74) is 4.13. The Morgan fingerprint density at radius 1 is 1.00 bits per heavy atom. The van der Waals surface area contributed by atoms with Gasteiger partial charge in [-0.2, -0.15) is 0 Å². The van der Waals surface area contributed by atoms with Crippen LogP contribution in [-0.2, 0) is 20.7 Å². The van der Waals surface area contributed by atoms with Crippen molar-refractivity contribution in [2.24, 2.45) is 0 Å². The Morgan fingerprint density at radius 2 is 1.66 bits per heavy atom. The number of esters is 1. The first kappa shape index (κ1) is 28.0. The van der Waals surface area contributed by atoms with E-state index in [1.165, 1.54) is 22.1 Å². The van der Waals surface area contributed by atoms with Crippen molar-refractivity contribution in [2.45, 2.75) is 51.4 Å². The van der Waals surface area contributed by atoms with E-state index in [2.05, 4.69) is 41.7 Å². The highest BCUT2D eigenvalue weighted by Crippen LogP contribution is 2.36. The summed E-state index contributed by atoms with van der Waals surface area (Å²) >= 11 is 0. The van der Waals surface area contributed by atoms with Crippen LogP contribution in [0, 0.1) is 10.1 Å². The number of ether oxygens (including phenoxy) is 2. The van der Waals surface area contributed by atoms with Crippen molar-refractivity contribution in [2.75, 3.05) is 13.2 Å². The number of nitrogens with zero attached hydrogens (tertiary/aromatic N) is 2. The Balaban J connectivity index is 1.30. The number of rotatable bonds is 9. The lowest BCUT2D eigenvalue weighted by Gasteiger charge is -2.36. The molecule has 0 bridgehead atoms. The van der Waals surface area contributed by atoms with Crippen LogP contribution in [-0.4, -0.2) is 47.2 Å². The molecule has 1 fully saturated rings. The molecule has 2 heterocycles. The van der Waals surface area contributed by atoms with Gasteiger partial charge in [0.05, 0.1) is 47.5 Å². The molecule has 41 heavy (non-hydrogen) atoms. The van der Waals surface area contributed by atoms with E-state index in [0.717, 1.165) is 24.8 Å². The van der Waals surface area contributed by atoms with E-state index in [9.17, 15) is 19.7 Å². The molecule has 5 rings (SSSR count). The molecule has 9 heteroatoms. The second kappa shape index (κ2) is 12.3. The fraction of sp³-hybridized carbons (Fsp3) is 0.312. The van der Waals surface area contributed by atoms with E-state index in [-0.39, 0.29) is 42.2 Å². The lowest BCUT2D eigenvalue weighted by atomic mass is 9.93. The zero-order chi connectivity index (χ0) is 28.9. The summed E-state index contributed by atoms with van der Waals surface area (Å²) in [6.07, 6.45) is 2.19. The minimum absolute atomic E-state index is 0.0176. The van der Waals surface area contributed by atoms with Crippen LogP contribution >= 0.6 is 0 Å². The molecule has 9 nitrogen and oxygen atoms in total. The molecule has 1 N–H and O–H groups in total. The molecule has 0 aliphatic carbocycles. The Bertz CT molecular complexity index is 1450. The highest BCUT2D eigenvalue weighted by molar-refractivity contribution is 5.95. The van der Waals surface area contributed by atoms with E-state index in [1.807, 2.05) is 18.2 Å². The molecule has 2 aliphatic rings. The number of nitro groups is 1. The number of allylic oxidation sites excluding steroid dienone is 1. The zero-order valence-electron chi connectivity index (χ0n) is 23.1. The molecule has 0 spiro atoms. The summed E-state index contributed by atoms with van der Waals surface area (Å²) in [5, 5.41) is 14.5. The molecular weight excluding hydrogens is 522 g/mol. The van der Waals surface area contributed by atoms with Gasteiger partial charge in [0.1, 0.15) is 0 Å². The van der Waals surface area contributed by atoms with Crippen molar-refractivity contribution in [1.29, 1.82) is 0 Å². The van der Waals surface area contributed by atoms with Crippen LogP contribution < -0.4 is 5.32 Å². The number of nitrogens with one attached hydrogen (secondary N) is 1. The molecular formula is C32H33N3O6. The van der Waals surface area contributed by atoms with Gasteiger partial charge in [-0.1, -0.05) is 66.7 Å². The zero-order valence-corrected chi connectivity index (χ0v) is 23.1. The fourth-order valence-corrected chi connectivity index (χ4v) is 5.60. The number of urea groups is 1. The third kappa shape index (κ3) is 6.15. The largest absolute Gasteiger partial charge is 0.463 e. The fourth-order valence-electron chi connectivity index (χ4n) is 5.60. The summed E-state index contributed by atoms with van der Waals surface area (Å²) in [5.74, 6) is -0.623. The summed E-state index contributed by atoms with van der Waals surface area (Å²) in [6.45, 7) is 3.75. The van der Waals surface area contributed by atoms with Gasteiger partial charge < -0.3 is 14.8 Å². The maximum Gasteiger partial charge on any atom is 0.338 e. The van der Waals surface area contributed by atoms with Crippen LogP contribution in [0.5, 0.6) is 0 Å². The topological polar surface area (TPSA) is 111 Å². The number of carbonyl (C=O) groups excluding carboxylic acids is 2. The molecule has 2 aliphatic heterocycles. The Hall–Kier alpha value is -4.50. The second-order valence-electron chi connectivity index (χ2n) is 10.3. The van der Waals surface area contributed by atoms with E-state index in [0.29, 0.717) is 5.70 Å². The molecule has 212 valence electrons. The van der Waals surface area contributed by atoms with Crippen molar-refractivity contribution in [3.8, 4) is 11.1 Å². The lowest BCUT2D eigenvalue weighted by molar-refractivity contribution is -0.385. The van der Waals surface area contributed by atoms with E-state index < -0.39 is 23.0 Å². The van der Waals surface area contributed by atoms with Gasteiger partial charge >= 0.3 is 12.0 Å². The first-order valence-corrected chi connectivity index (χ1v) is 13.8. The number of amides is 2. The van der Waals surface area contributed by atoms with Crippen molar-refractivity contribution < 1.29 is 24.0 Å². The van der Waals surface area contributed by atoms with Crippen LogP contribution in [0.1, 0.15) is 43.9 Å². The Labute approximate surface area is 238 Å². The number of carbonyl (C=O) groups is 2. The number of benzene rings is 3. The number of hydrogen-bond donors (Lipinski definition) is 1. The number of hydrogen-bond acceptors (Lipinski definition) is 6. The van der Waals surface area contributed by atoms with Gasteiger partial charge in [-0.15, -0.1) is 0 Å². The van der Waals surface area contributed by atoms with Crippen molar-refractivity contribution in [3.05, 3.63) is 111 Å². The van der Waals surface area contributed by atoms with Gasteiger partial charge in [-0.3, -0.25) is 15.0 Å². The van der Waals surface area contributed by atoms with Gasteiger partial charge in [0.15, 0.2) is 0 Å². The molecule has 3 aromatic carbocycles. The smallest absolute Gasteiger partial charge is 0.338 e. The van der Waals surface area contributed by atoms with Gasteiger partial charge in [-0.25, -0.2) is 9.59 Å². The van der Waals surface area contributed by atoms with Crippen LogP contribution in [0.3, 0.4) is 0 Å². The molecule has 1 unspecified atom stereocenters. The highest BCUT2D eigenvalue weighted by Gasteiger charge is 2.40. The minimum Gasteiger partial charge on any atom is -0.463 e. The number of para-hydroxylation sites is 1. The van der Waals surface area contributed by atoms with E-state index in [4.69, 9.17) is 9.47 Å². The average Bonchev–Trinajstić information content (AvgIpc) is 3.42. The Kier molecular flexibility index (Phi) is 8.45. The molecule has 0 aromatic heterocycles. The normalized spacial score (nSPS) is 20.6. The van der Waals surface area contributed by atoms with E-state index in [1.54, 1.807) is 32.0 Å². The maximum atomic E-state index is 13.3. The number of nitro benzene ring substituents is 1. The molecule has 1 saturated heterocycles. The van der Waals surface area contributed by atoms with Crippen LogP contribution in [0.25, 0.3) is 11.1 Å². The minimum atomic E-state index is -1.00. The SMILES string of the molecule is CCOC(=O)C1=C(C)N(C[C@@H]2CC[C@@H](Cc3ccc(-c4ccccc4)cc3)O2)C(=O)NC1c1ccccc1[N+](=O)[O-]. The summed E-state index contributed by atoms with van der Waals surface area (Å²) < 4.78 is 11.6. The van der Waals surface area contributed by atoms with Crippen molar-refractivity contribution in [1.82, 2.24) is 10.2 Å². The van der Waals surface area contributed by atoms with Gasteiger partial charge in [0.25, 0.3) is 5.69 Å². The Morgan fingerprint density at radius 3 is 2.37 bits per heavy atom. The first-order chi connectivity index (χ1) is 19.9.